The smallest absolute Gasteiger partial charge is 0.225 e. The van der Waals surface area contributed by atoms with Crippen molar-refractivity contribution in [3.8, 4) is 0 Å². The summed E-state index contributed by atoms with van der Waals surface area (Å²) in [4.78, 5) is 14.3. The molecule has 0 aromatic carbocycles. The van der Waals surface area contributed by atoms with E-state index in [1.54, 1.807) is 11.3 Å². The van der Waals surface area contributed by atoms with Crippen molar-refractivity contribution in [2.45, 2.75) is 18.9 Å². The first-order chi connectivity index (χ1) is 9.15. The molecule has 0 saturated carbocycles. The van der Waals surface area contributed by atoms with Crippen LogP contribution in [0.4, 0.5) is 5.82 Å². The SMILES string of the molecule is CN(CC1CCCN1C)c1nc(Cl)nc2sccc12. The molecule has 0 radical (unpaired) electrons. The fourth-order valence-corrected chi connectivity index (χ4v) is 3.69. The van der Waals surface area contributed by atoms with Gasteiger partial charge in [0.1, 0.15) is 10.6 Å². The van der Waals surface area contributed by atoms with Crippen molar-refractivity contribution in [3.05, 3.63) is 16.7 Å². The highest BCUT2D eigenvalue weighted by molar-refractivity contribution is 7.16. The number of hydrogen-bond acceptors (Lipinski definition) is 5. The molecule has 0 N–H and O–H groups in total. The van der Waals surface area contributed by atoms with E-state index in [0.717, 1.165) is 22.6 Å². The minimum absolute atomic E-state index is 0.330. The second-order valence-corrected chi connectivity index (χ2v) is 6.35. The van der Waals surface area contributed by atoms with Gasteiger partial charge in [-0.15, -0.1) is 11.3 Å². The van der Waals surface area contributed by atoms with Gasteiger partial charge in [-0.2, -0.15) is 4.98 Å². The third kappa shape index (κ3) is 2.55. The Labute approximate surface area is 122 Å². The van der Waals surface area contributed by atoms with Gasteiger partial charge >= 0.3 is 0 Å². The van der Waals surface area contributed by atoms with Gasteiger partial charge in [-0.3, -0.25) is 0 Å². The van der Waals surface area contributed by atoms with E-state index in [9.17, 15) is 0 Å². The van der Waals surface area contributed by atoms with Gasteiger partial charge in [0.05, 0.1) is 5.39 Å². The Balaban J connectivity index is 1.88. The number of likely N-dealkylation sites (N-methyl/N-ethyl adjacent to an activating group) is 2. The van der Waals surface area contributed by atoms with E-state index in [1.807, 2.05) is 5.38 Å². The Morgan fingerprint density at radius 3 is 3.11 bits per heavy atom. The normalized spacial score (nSPS) is 20.3. The number of hydrogen-bond donors (Lipinski definition) is 0. The van der Waals surface area contributed by atoms with Crippen LogP contribution in [0.3, 0.4) is 0 Å². The molecule has 4 nitrogen and oxygen atoms in total. The number of fused-ring (bicyclic) bond motifs is 1. The van der Waals surface area contributed by atoms with Crippen LogP contribution >= 0.6 is 22.9 Å². The number of likely N-dealkylation sites (tertiary alicyclic amines) is 1. The van der Waals surface area contributed by atoms with Crippen LogP contribution in [0.2, 0.25) is 5.28 Å². The van der Waals surface area contributed by atoms with Crippen molar-refractivity contribution in [2.24, 2.45) is 0 Å². The predicted molar refractivity (Wildman–Crippen MR) is 81.3 cm³/mol. The summed E-state index contributed by atoms with van der Waals surface area (Å²) in [5.74, 6) is 0.941. The molecule has 0 aliphatic carbocycles. The summed E-state index contributed by atoms with van der Waals surface area (Å²) in [7, 11) is 4.28. The van der Waals surface area contributed by atoms with Crippen LogP contribution in [-0.2, 0) is 0 Å². The summed E-state index contributed by atoms with van der Waals surface area (Å²) >= 11 is 7.62. The maximum Gasteiger partial charge on any atom is 0.225 e. The quantitative estimate of drug-likeness (QED) is 0.815. The first-order valence-electron chi connectivity index (χ1n) is 6.47. The van der Waals surface area contributed by atoms with Crippen molar-refractivity contribution >= 4 is 39.0 Å². The molecule has 1 aliphatic heterocycles. The number of halogens is 1. The van der Waals surface area contributed by atoms with E-state index >= 15 is 0 Å². The van der Waals surface area contributed by atoms with Crippen LogP contribution in [-0.4, -0.2) is 48.1 Å². The fraction of sp³-hybridized carbons (Fsp3) is 0.538. The van der Waals surface area contributed by atoms with Crippen LogP contribution in [0.25, 0.3) is 10.2 Å². The largest absolute Gasteiger partial charge is 0.357 e. The first kappa shape index (κ1) is 13.1. The zero-order chi connectivity index (χ0) is 13.4. The van der Waals surface area contributed by atoms with Gasteiger partial charge in [-0.05, 0) is 49.5 Å². The lowest BCUT2D eigenvalue weighted by molar-refractivity contribution is 0.314. The third-order valence-electron chi connectivity index (χ3n) is 3.80. The molecule has 1 saturated heterocycles. The number of rotatable bonds is 3. The zero-order valence-corrected chi connectivity index (χ0v) is 12.7. The number of anilines is 1. The maximum absolute atomic E-state index is 6.02. The van der Waals surface area contributed by atoms with Crippen molar-refractivity contribution in [2.75, 3.05) is 32.1 Å². The molecule has 19 heavy (non-hydrogen) atoms. The van der Waals surface area contributed by atoms with E-state index < -0.39 is 0 Å². The molecule has 3 heterocycles. The number of thiophene rings is 1. The van der Waals surface area contributed by atoms with Gasteiger partial charge in [0, 0.05) is 19.6 Å². The molecule has 2 aromatic rings. The molecule has 102 valence electrons. The van der Waals surface area contributed by atoms with E-state index in [1.165, 1.54) is 19.4 Å². The van der Waals surface area contributed by atoms with Crippen molar-refractivity contribution in [1.29, 1.82) is 0 Å². The molecule has 1 aliphatic rings. The monoisotopic (exact) mass is 296 g/mol. The van der Waals surface area contributed by atoms with Crippen LogP contribution in [0, 0.1) is 0 Å². The van der Waals surface area contributed by atoms with E-state index in [-0.39, 0.29) is 0 Å². The van der Waals surface area contributed by atoms with E-state index in [4.69, 9.17) is 11.6 Å². The Hall–Kier alpha value is -0.910. The summed E-state index contributed by atoms with van der Waals surface area (Å²) in [6.07, 6.45) is 2.54. The molecular formula is C13H17ClN4S. The minimum Gasteiger partial charge on any atom is -0.357 e. The highest BCUT2D eigenvalue weighted by atomic mass is 35.5. The lowest BCUT2D eigenvalue weighted by Crippen LogP contribution is -2.37. The molecule has 1 unspecified atom stereocenters. The highest BCUT2D eigenvalue weighted by Crippen LogP contribution is 2.29. The lowest BCUT2D eigenvalue weighted by Gasteiger charge is -2.26. The van der Waals surface area contributed by atoms with E-state index in [2.05, 4.69) is 39.9 Å². The molecule has 6 heteroatoms. The van der Waals surface area contributed by atoms with Gasteiger partial charge in [0.15, 0.2) is 0 Å². The van der Waals surface area contributed by atoms with Crippen molar-refractivity contribution < 1.29 is 0 Å². The molecule has 1 fully saturated rings. The lowest BCUT2D eigenvalue weighted by atomic mass is 10.2. The van der Waals surface area contributed by atoms with Crippen molar-refractivity contribution in [1.82, 2.24) is 14.9 Å². The number of nitrogens with zero attached hydrogens (tertiary/aromatic N) is 4. The Morgan fingerprint density at radius 1 is 1.53 bits per heavy atom. The predicted octanol–water partition coefficient (Wildman–Crippen LogP) is 2.88. The summed E-state index contributed by atoms with van der Waals surface area (Å²) in [6.45, 7) is 2.17. The van der Waals surface area contributed by atoms with Gasteiger partial charge < -0.3 is 9.80 Å². The van der Waals surface area contributed by atoms with Crippen LogP contribution in [0.5, 0.6) is 0 Å². The van der Waals surface area contributed by atoms with Crippen molar-refractivity contribution in [3.63, 3.8) is 0 Å². The second-order valence-electron chi connectivity index (χ2n) is 5.11. The fourth-order valence-electron chi connectivity index (χ4n) is 2.72. The molecular weight excluding hydrogens is 280 g/mol. The molecule has 1 atom stereocenters. The summed E-state index contributed by atoms with van der Waals surface area (Å²) in [5.41, 5.74) is 0. The molecule has 3 rings (SSSR count). The van der Waals surface area contributed by atoms with Gasteiger partial charge in [0.25, 0.3) is 0 Å². The van der Waals surface area contributed by atoms with Gasteiger partial charge in [0.2, 0.25) is 5.28 Å². The second kappa shape index (κ2) is 5.23. The van der Waals surface area contributed by atoms with Crippen LogP contribution in [0.1, 0.15) is 12.8 Å². The summed E-state index contributed by atoms with van der Waals surface area (Å²) in [5, 5.41) is 3.46. The van der Waals surface area contributed by atoms with Crippen LogP contribution < -0.4 is 4.90 Å². The number of aromatic nitrogens is 2. The third-order valence-corrected chi connectivity index (χ3v) is 4.77. The Kier molecular flexibility index (Phi) is 3.60. The average Bonchev–Trinajstić information content (AvgIpc) is 2.98. The van der Waals surface area contributed by atoms with E-state index in [0.29, 0.717) is 11.3 Å². The van der Waals surface area contributed by atoms with Gasteiger partial charge in [-0.1, -0.05) is 0 Å². The zero-order valence-electron chi connectivity index (χ0n) is 11.1. The molecule has 2 aromatic heterocycles. The minimum atomic E-state index is 0.330. The highest BCUT2D eigenvalue weighted by Gasteiger charge is 2.23. The molecule has 0 spiro atoms. The summed E-state index contributed by atoms with van der Waals surface area (Å²) < 4.78 is 0. The Morgan fingerprint density at radius 2 is 2.37 bits per heavy atom. The topological polar surface area (TPSA) is 32.3 Å². The first-order valence-corrected chi connectivity index (χ1v) is 7.73. The molecule has 0 bridgehead atoms. The maximum atomic E-state index is 6.02. The summed E-state index contributed by atoms with van der Waals surface area (Å²) in [6, 6.07) is 2.67. The standard InChI is InChI=1S/C13H17ClN4S/c1-17-6-3-4-9(17)8-18(2)11-10-5-7-19-12(10)16-13(14)15-11/h5,7,9H,3-4,6,8H2,1-2H3. The van der Waals surface area contributed by atoms with Crippen LogP contribution in [0.15, 0.2) is 11.4 Å². The average molecular weight is 297 g/mol. The molecule has 0 amide bonds. The Bertz CT molecular complexity index is 585. The van der Waals surface area contributed by atoms with Gasteiger partial charge in [-0.25, -0.2) is 4.98 Å².